The Morgan fingerprint density at radius 1 is 1.24 bits per heavy atom. The molecule has 0 spiro atoms. The molecule has 0 bridgehead atoms. The summed E-state index contributed by atoms with van der Waals surface area (Å²) in [5.41, 5.74) is -0.267. The summed E-state index contributed by atoms with van der Waals surface area (Å²) in [5, 5.41) is 15.8. The number of hydrogen-bond donors (Lipinski definition) is 2. The lowest BCUT2D eigenvalue weighted by atomic mass is 9.92. The number of aliphatic hydroxyl groups excluding tert-OH is 1. The normalized spacial score (nSPS) is 22.3. The molecule has 0 amide bonds. The number of aliphatic hydroxyl groups is 1. The van der Waals surface area contributed by atoms with Crippen LogP contribution in [-0.2, 0) is 20.3 Å². The van der Waals surface area contributed by atoms with Gasteiger partial charge >= 0.3 is 5.69 Å². The van der Waals surface area contributed by atoms with Crippen molar-refractivity contribution in [2.24, 2.45) is 0 Å². The SMILES string of the molecule is [2H]C[C@@]1(COP(OCCC#N)N(C(C)C)C(C)C)CN(C2CCCCC2)C[C@H](n2ccc(NCc3ccccc3)nc2=O)O1.[3H]OC. The molecule has 2 fully saturated rings. The second-order valence-electron chi connectivity index (χ2n) is 12.1. The van der Waals surface area contributed by atoms with Crippen LogP contribution >= 0.6 is 8.53 Å². The Morgan fingerprint density at radius 2 is 1.96 bits per heavy atom. The third-order valence-corrected chi connectivity index (χ3v) is 9.97. The van der Waals surface area contributed by atoms with E-state index in [1.54, 1.807) is 16.8 Å². The van der Waals surface area contributed by atoms with E-state index in [1.807, 2.05) is 30.3 Å². The van der Waals surface area contributed by atoms with Crippen molar-refractivity contribution in [3.05, 3.63) is 58.6 Å². The minimum absolute atomic E-state index is 0.0314. The van der Waals surface area contributed by atoms with Crippen molar-refractivity contribution >= 4 is 14.3 Å². The van der Waals surface area contributed by atoms with Crippen LogP contribution in [-0.4, -0.2) is 82.8 Å². The lowest BCUT2D eigenvalue weighted by Gasteiger charge is -2.48. The number of nitriles is 1. The van der Waals surface area contributed by atoms with Crippen LogP contribution in [0.15, 0.2) is 47.4 Å². The predicted molar refractivity (Wildman–Crippen MR) is 179 cm³/mol. The molecule has 2 aromatic rings. The summed E-state index contributed by atoms with van der Waals surface area (Å²) in [6.07, 6.45) is 7.18. The smallest absolute Gasteiger partial charge is 0.351 e. The van der Waals surface area contributed by atoms with Crippen molar-refractivity contribution in [2.45, 2.75) is 110 Å². The molecule has 12 heteroatoms. The topological polar surface area (TPSA) is 125 Å². The highest BCUT2D eigenvalue weighted by Gasteiger charge is 2.42. The van der Waals surface area contributed by atoms with Crippen LogP contribution in [0.5, 0.6) is 0 Å². The van der Waals surface area contributed by atoms with Crippen LogP contribution in [0.2, 0.25) is 0 Å². The number of benzene rings is 1. The first-order valence-electron chi connectivity index (χ1n) is 17.1. The minimum atomic E-state index is -1.50. The number of hydrogen-bond acceptors (Lipinski definition) is 10. The van der Waals surface area contributed by atoms with Crippen LogP contribution in [0.4, 0.5) is 5.82 Å². The van der Waals surface area contributed by atoms with Gasteiger partial charge in [-0.1, -0.05) is 49.6 Å². The summed E-state index contributed by atoms with van der Waals surface area (Å²) >= 11 is 0. The maximum atomic E-state index is 13.4. The molecule has 2 heterocycles. The monoisotopic (exact) mass is 647 g/mol. The van der Waals surface area contributed by atoms with E-state index in [9.17, 15) is 4.79 Å². The molecule has 1 saturated heterocycles. The first-order chi connectivity index (χ1) is 22.7. The fourth-order valence-electron chi connectivity index (χ4n) is 5.95. The molecule has 45 heavy (non-hydrogen) atoms. The van der Waals surface area contributed by atoms with Crippen molar-refractivity contribution in [3.63, 3.8) is 0 Å². The van der Waals surface area contributed by atoms with Gasteiger partial charge in [-0.05, 0) is 59.1 Å². The van der Waals surface area contributed by atoms with E-state index >= 15 is 0 Å². The van der Waals surface area contributed by atoms with Gasteiger partial charge in [-0.3, -0.25) is 9.47 Å². The average molecular weight is 648 g/mol. The number of anilines is 1. The molecule has 2 N–H and O–H groups in total. The summed E-state index contributed by atoms with van der Waals surface area (Å²) in [6.45, 7) is 10.4. The lowest BCUT2D eigenvalue weighted by Crippen LogP contribution is -2.58. The highest BCUT2D eigenvalue weighted by molar-refractivity contribution is 7.44. The van der Waals surface area contributed by atoms with Gasteiger partial charge in [0.15, 0.2) is 6.23 Å². The predicted octanol–water partition coefficient (Wildman–Crippen LogP) is 5.68. The fourth-order valence-corrected chi connectivity index (χ4v) is 7.64. The summed E-state index contributed by atoms with van der Waals surface area (Å²) in [7, 11) is -0.206. The van der Waals surface area contributed by atoms with Gasteiger partial charge < -0.3 is 24.2 Å². The molecule has 1 aromatic carbocycles. The van der Waals surface area contributed by atoms with Crippen molar-refractivity contribution in [1.29, 1.82) is 6.69 Å². The number of rotatable bonds is 14. The summed E-state index contributed by atoms with van der Waals surface area (Å²) in [6, 6.07) is 14.6. The maximum absolute atomic E-state index is 13.4. The zero-order valence-corrected chi connectivity index (χ0v) is 28.5. The summed E-state index contributed by atoms with van der Waals surface area (Å²) in [5.74, 6) is 0.507. The van der Waals surface area contributed by atoms with E-state index in [1.165, 1.54) is 26.4 Å². The number of ether oxygens (including phenoxy) is 1. The van der Waals surface area contributed by atoms with Crippen LogP contribution in [0.3, 0.4) is 0 Å². The number of aromatic nitrogens is 2. The second-order valence-corrected chi connectivity index (χ2v) is 13.6. The molecule has 3 atom stereocenters. The van der Waals surface area contributed by atoms with Gasteiger partial charge in [0.2, 0.25) is 1.43 Å². The third kappa shape index (κ3) is 11.1. The summed E-state index contributed by atoms with van der Waals surface area (Å²) in [4.78, 5) is 20.1. The molecule has 250 valence electrons. The first kappa shape index (κ1) is 33.9. The quantitative estimate of drug-likeness (QED) is 0.196. The Hall–Kier alpha value is -2.42. The highest BCUT2D eigenvalue weighted by Crippen LogP contribution is 2.47. The Labute approximate surface area is 273 Å². The van der Waals surface area contributed by atoms with Gasteiger partial charge in [0.05, 0.1) is 25.7 Å². The highest BCUT2D eigenvalue weighted by atomic mass is 31.2. The summed E-state index contributed by atoms with van der Waals surface area (Å²) < 4.78 is 37.5. The molecule has 2 aliphatic rings. The average Bonchev–Trinajstić information content (AvgIpc) is 3.07. The van der Waals surface area contributed by atoms with Gasteiger partial charge in [0, 0.05) is 52.4 Å². The van der Waals surface area contributed by atoms with E-state index in [0.29, 0.717) is 31.5 Å². The molecule has 0 radical (unpaired) electrons. The zero-order chi connectivity index (χ0) is 34.2. The standard InChI is InChI=1S/C32H49N6O4P.CH4O/c1-25(2)38(26(3)4)43(40-20-12-18-33)41-24-32(5)23-36(28-15-10-7-11-16-28)22-30(42-32)37-19-17-29(35-31(37)39)34-21-27-13-8-6-9-14-27;1-2/h6,8-9,13-14,17,19,25-26,28,30H,7,10-12,15-16,20-24H2,1-5H3,(H,34,35,39);2H,1H3/t30-,32+,43?;/m1./s1/i5D;2T. The van der Waals surface area contributed by atoms with Crippen LogP contribution in [0.25, 0.3) is 0 Å². The first-order valence-corrected chi connectivity index (χ1v) is 17.1. The Balaban J connectivity index is 0.00000192. The van der Waals surface area contributed by atoms with E-state index < -0.39 is 26.0 Å². The van der Waals surface area contributed by atoms with E-state index in [-0.39, 0.29) is 38.6 Å². The lowest BCUT2D eigenvalue weighted by molar-refractivity contribution is -0.197. The van der Waals surface area contributed by atoms with E-state index in [2.05, 4.69) is 58.7 Å². The van der Waals surface area contributed by atoms with Gasteiger partial charge in [0.1, 0.15) is 11.4 Å². The molecular weight excluding hydrogens is 591 g/mol. The van der Waals surface area contributed by atoms with Gasteiger partial charge in [-0.15, -0.1) is 0 Å². The molecule has 11 nitrogen and oxygen atoms in total. The Morgan fingerprint density at radius 3 is 2.58 bits per heavy atom. The van der Waals surface area contributed by atoms with Crippen molar-refractivity contribution in [3.8, 4) is 6.07 Å². The molecule has 1 saturated carbocycles. The second kappa shape index (κ2) is 18.7. The van der Waals surface area contributed by atoms with Gasteiger partial charge in [-0.2, -0.15) is 10.2 Å². The maximum Gasteiger partial charge on any atom is 0.351 e. The largest absolute Gasteiger partial charge is 0.400 e. The van der Waals surface area contributed by atoms with Crippen molar-refractivity contribution < 1.29 is 20.3 Å². The molecular formula is C33H53N6O5P. The Bertz CT molecular complexity index is 1270. The number of morpholine rings is 1. The Kier molecular flexibility index (Phi) is 14.1. The fraction of sp³-hybridized carbons (Fsp3) is 0.667. The van der Waals surface area contributed by atoms with Crippen LogP contribution < -0.4 is 11.0 Å². The number of nitrogens with zero attached hydrogens (tertiary/aromatic N) is 5. The van der Waals surface area contributed by atoms with Crippen LogP contribution in [0.1, 0.15) is 86.3 Å². The van der Waals surface area contributed by atoms with Gasteiger partial charge in [-0.25, -0.2) is 9.46 Å². The molecule has 1 aromatic heterocycles. The molecule has 1 unspecified atom stereocenters. The van der Waals surface area contributed by atoms with E-state index in [0.717, 1.165) is 18.4 Å². The van der Waals surface area contributed by atoms with Crippen molar-refractivity contribution in [1.82, 2.24) is 19.1 Å². The van der Waals surface area contributed by atoms with Crippen LogP contribution in [0, 0.1) is 11.3 Å². The van der Waals surface area contributed by atoms with E-state index in [4.69, 9.17) is 21.8 Å². The number of nitrogens with one attached hydrogen (secondary N) is 1. The minimum Gasteiger partial charge on any atom is -0.400 e. The zero-order valence-electron chi connectivity index (χ0n) is 29.6. The molecule has 4 rings (SSSR count). The van der Waals surface area contributed by atoms with Crippen molar-refractivity contribution in [2.75, 3.05) is 38.7 Å². The third-order valence-electron chi connectivity index (χ3n) is 7.92. The van der Waals surface area contributed by atoms with Gasteiger partial charge in [0.25, 0.3) is 8.53 Å². The molecule has 1 aliphatic heterocycles. The molecule has 1 aliphatic carbocycles.